The van der Waals surface area contributed by atoms with Crippen LogP contribution >= 0.6 is 23.1 Å². The van der Waals surface area contributed by atoms with Crippen molar-refractivity contribution in [2.45, 2.75) is 32.5 Å². The Morgan fingerprint density at radius 3 is 2.84 bits per heavy atom. The average Bonchev–Trinajstić information content (AvgIpc) is 3.34. The summed E-state index contributed by atoms with van der Waals surface area (Å²) in [6, 6.07) is 8.56. The highest BCUT2D eigenvalue weighted by Crippen LogP contribution is 2.29. The molecule has 7 nitrogen and oxygen atoms in total. The number of phenols is 1. The first-order chi connectivity index (χ1) is 14.8. The third-order valence-corrected chi connectivity index (χ3v) is 6.98. The van der Waals surface area contributed by atoms with Crippen LogP contribution in [0.4, 0.5) is 5.69 Å². The van der Waals surface area contributed by atoms with E-state index < -0.39 is 0 Å². The summed E-state index contributed by atoms with van der Waals surface area (Å²) < 4.78 is 6.97. The number of hydrogen-bond donors (Lipinski definition) is 2. The highest BCUT2D eigenvalue weighted by molar-refractivity contribution is 7.99. The fourth-order valence-corrected chi connectivity index (χ4v) is 5.05. The number of aromatic nitrogens is 2. The second-order valence-corrected chi connectivity index (χ2v) is 9.33. The van der Waals surface area contributed by atoms with Gasteiger partial charge in [0.1, 0.15) is 16.3 Å². The second kappa shape index (κ2) is 8.60. The molecule has 4 aromatic rings. The molecule has 31 heavy (non-hydrogen) atoms. The number of aromatic hydroxyl groups is 1. The van der Waals surface area contributed by atoms with Gasteiger partial charge in [-0.3, -0.25) is 14.2 Å². The maximum Gasteiger partial charge on any atom is 0.263 e. The smallest absolute Gasteiger partial charge is 0.263 e. The number of thiophene rings is 1. The number of carbonyl (C=O) groups is 1. The summed E-state index contributed by atoms with van der Waals surface area (Å²) >= 11 is 2.64. The molecule has 3 heterocycles. The summed E-state index contributed by atoms with van der Waals surface area (Å²) in [6.07, 6.45) is 1.56. The molecule has 0 bridgehead atoms. The first-order valence-corrected chi connectivity index (χ1v) is 11.4. The molecule has 4 rings (SSSR count). The topological polar surface area (TPSA) is 97.4 Å². The monoisotopic (exact) mass is 455 g/mol. The fourth-order valence-electron chi connectivity index (χ4n) is 3.18. The number of benzene rings is 1. The van der Waals surface area contributed by atoms with Crippen LogP contribution in [-0.4, -0.2) is 26.3 Å². The van der Waals surface area contributed by atoms with Crippen LogP contribution in [0.3, 0.4) is 0 Å². The molecule has 0 saturated heterocycles. The number of anilines is 1. The van der Waals surface area contributed by atoms with Gasteiger partial charge in [0.25, 0.3) is 5.56 Å². The Labute approximate surface area is 186 Å². The minimum atomic E-state index is -0.302. The lowest BCUT2D eigenvalue weighted by Gasteiger charge is -2.12. The molecule has 0 spiro atoms. The van der Waals surface area contributed by atoms with Crippen molar-refractivity contribution in [1.29, 1.82) is 0 Å². The maximum absolute atomic E-state index is 13.3. The molecule has 3 aromatic heterocycles. The quantitative estimate of drug-likeness (QED) is 0.253. The van der Waals surface area contributed by atoms with Gasteiger partial charge in [0.05, 0.1) is 29.6 Å². The Kier molecular flexibility index (Phi) is 5.88. The predicted molar refractivity (Wildman–Crippen MR) is 123 cm³/mol. The second-order valence-electron chi connectivity index (χ2n) is 7.19. The van der Waals surface area contributed by atoms with Crippen molar-refractivity contribution in [1.82, 2.24) is 9.55 Å². The zero-order chi connectivity index (χ0) is 22.1. The van der Waals surface area contributed by atoms with Gasteiger partial charge >= 0.3 is 0 Å². The molecule has 1 amide bonds. The van der Waals surface area contributed by atoms with E-state index in [1.54, 1.807) is 35.1 Å². The summed E-state index contributed by atoms with van der Waals surface area (Å²) in [7, 11) is 0. The first kappa shape index (κ1) is 21.2. The summed E-state index contributed by atoms with van der Waals surface area (Å²) in [6.45, 7) is 5.99. The van der Waals surface area contributed by atoms with E-state index in [2.05, 4.69) is 10.3 Å². The lowest BCUT2D eigenvalue weighted by molar-refractivity contribution is -0.113. The molecule has 2 N–H and O–H groups in total. The Bertz CT molecular complexity index is 1320. The van der Waals surface area contributed by atoms with Gasteiger partial charge in [-0.05, 0) is 56.2 Å². The SMILES string of the molecule is Cc1ccc(O)c(NC(=O)CSc2nc3sc(C)c(C)c3c(=O)n2Cc2ccco2)c1. The van der Waals surface area contributed by atoms with Crippen LogP contribution < -0.4 is 10.9 Å². The van der Waals surface area contributed by atoms with E-state index in [1.165, 1.54) is 29.2 Å². The number of hydrogen-bond acceptors (Lipinski definition) is 7. The molecule has 160 valence electrons. The van der Waals surface area contributed by atoms with Gasteiger partial charge in [-0.25, -0.2) is 4.98 Å². The summed E-state index contributed by atoms with van der Waals surface area (Å²) in [5.74, 6) is 0.363. The first-order valence-electron chi connectivity index (χ1n) is 9.58. The Morgan fingerprint density at radius 1 is 1.29 bits per heavy atom. The Hall–Kier alpha value is -3.04. The largest absolute Gasteiger partial charge is 0.506 e. The van der Waals surface area contributed by atoms with Crippen molar-refractivity contribution >= 4 is 44.9 Å². The lowest BCUT2D eigenvalue weighted by atomic mass is 10.2. The average molecular weight is 456 g/mol. The van der Waals surface area contributed by atoms with Crippen molar-refractivity contribution in [2.24, 2.45) is 0 Å². The minimum absolute atomic E-state index is 0.00255. The van der Waals surface area contributed by atoms with Gasteiger partial charge in [0, 0.05) is 4.88 Å². The van der Waals surface area contributed by atoms with Crippen molar-refractivity contribution in [3.05, 3.63) is 68.7 Å². The summed E-state index contributed by atoms with van der Waals surface area (Å²) in [5, 5.41) is 13.7. The van der Waals surface area contributed by atoms with Crippen molar-refractivity contribution in [3.8, 4) is 5.75 Å². The standard InChI is InChI=1S/C22H21N3O4S2/c1-12-6-7-17(26)16(9-12)23-18(27)11-30-22-24-20-19(13(2)14(3)31-20)21(28)25(22)10-15-5-4-8-29-15/h4-9,26H,10-11H2,1-3H3,(H,23,27). The number of phenolic OH excluding ortho intramolecular Hbond substituents is 1. The number of fused-ring (bicyclic) bond motifs is 1. The van der Waals surface area contributed by atoms with Crippen molar-refractivity contribution in [3.63, 3.8) is 0 Å². The van der Waals surface area contributed by atoms with E-state index in [-0.39, 0.29) is 29.5 Å². The highest BCUT2D eigenvalue weighted by atomic mass is 32.2. The number of rotatable bonds is 6. The molecule has 0 aliphatic heterocycles. The van der Waals surface area contributed by atoms with E-state index in [4.69, 9.17) is 4.42 Å². The fraction of sp³-hybridized carbons (Fsp3) is 0.227. The third kappa shape index (κ3) is 4.38. The van der Waals surface area contributed by atoms with Crippen LogP contribution in [0.25, 0.3) is 10.2 Å². The van der Waals surface area contributed by atoms with Gasteiger partial charge in [0.15, 0.2) is 5.16 Å². The van der Waals surface area contributed by atoms with E-state index >= 15 is 0 Å². The van der Waals surface area contributed by atoms with E-state index in [0.717, 1.165) is 16.0 Å². The maximum atomic E-state index is 13.3. The molecule has 9 heteroatoms. The molecule has 1 aromatic carbocycles. The predicted octanol–water partition coefficient (Wildman–Crippen LogP) is 4.46. The Morgan fingerprint density at radius 2 is 2.10 bits per heavy atom. The van der Waals surface area contributed by atoms with Crippen molar-refractivity contribution in [2.75, 3.05) is 11.1 Å². The van der Waals surface area contributed by atoms with Crippen LogP contribution in [0.2, 0.25) is 0 Å². The number of thioether (sulfide) groups is 1. The van der Waals surface area contributed by atoms with Gasteiger partial charge in [-0.2, -0.15) is 0 Å². The number of aryl methyl sites for hydroxylation is 3. The molecule has 0 atom stereocenters. The van der Waals surface area contributed by atoms with Crippen molar-refractivity contribution < 1.29 is 14.3 Å². The zero-order valence-corrected chi connectivity index (χ0v) is 18.9. The van der Waals surface area contributed by atoms with E-state index in [1.807, 2.05) is 20.8 Å². The molecule has 0 aliphatic rings. The molecule has 0 fully saturated rings. The third-order valence-electron chi connectivity index (χ3n) is 4.91. The van der Waals surface area contributed by atoms with E-state index in [9.17, 15) is 14.7 Å². The minimum Gasteiger partial charge on any atom is -0.506 e. The highest BCUT2D eigenvalue weighted by Gasteiger charge is 2.19. The number of furan rings is 1. The molecule has 0 saturated carbocycles. The lowest BCUT2D eigenvalue weighted by Crippen LogP contribution is -2.24. The molecule has 0 aliphatic carbocycles. The number of nitrogens with one attached hydrogen (secondary N) is 1. The molecular weight excluding hydrogens is 434 g/mol. The number of carbonyl (C=O) groups excluding carboxylic acids is 1. The molecule has 0 radical (unpaired) electrons. The van der Waals surface area contributed by atoms with Gasteiger partial charge in [-0.1, -0.05) is 17.8 Å². The molecular formula is C22H21N3O4S2. The Balaban J connectivity index is 1.63. The molecule has 0 unspecified atom stereocenters. The summed E-state index contributed by atoms with van der Waals surface area (Å²) in [5.41, 5.74) is 2.05. The number of amides is 1. The van der Waals surface area contributed by atoms with Crippen LogP contribution in [0.5, 0.6) is 5.75 Å². The number of nitrogens with zero attached hydrogens (tertiary/aromatic N) is 2. The van der Waals surface area contributed by atoms with Crippen LogP contribution in [0, 0.1) is 20.8 Å². The van der Waals surface area contributed by atoms with E-state index in [0.29, 0.717) is 26.8 Å². The van der Waals surface area contributed by atoms with Crippen LogP contribution in [0.15, 0.2) is 51.0 Å². The normalized spacial score (nSPS) is 11.2. The van der Waals surface area contributed by atoms with Crippen LogP contribution in [0.1, 0.15) is 21.8 Å². The van der Waals surface area contributed by atoms with Gasteiger partial charge in [0.2, 0.25) is 5.91 Å². The zero-order valence-electron chi connectivity index (χ0n) is 17.3. The van der Waals surface area contributed by atoms with Gasteiger partial charge < -0.3 is 14.8 Å². The van der Waals surface area contributed by atoms with Crippen LogP contribution in [-0.2, 0) is 11.3 Å². The van der Waals surface area contributed by atoms with Gasteiger partial charge in [-0.15, -0.1) is 11.3 Å². The summed E-state index contributed by atoms with van der Waals surface area (Å²) in [4.78, 5) is 32.2.